The van der Waals surface area contributed by atoms with Crippen molar-refractivity contribution in [2.24, 2.45) is 0 Å². The first-order valence-corrected chi connectivity index (χ1v) is 15.5. The number of fused-ring (bicyclic) bond motifs is 2. The second-order valence-electron chi connectivity index (χ2n) is 11.4. The van der Waals surface area contributed by atoms with E-state index in [1.54, 1.807) is 0 Å². The van der Waals surface area contributed by atoms with Gasteiger partial charge in [-0.3, -0.25) is 0 Å². The Morgan fingerprint density at radius 3 is 1.26 bits per heavy atom. The van der Waals surface area contributed by atoms with Gasteiger partial charge in [0.1, 0.15) is 0 Å². The van der Waals surface area contributed by atoms with Gasteiger partial charge in [-0.15, -0.1) is 0 Å². The third kappa shape index (κ3) is 3.68. The van der Waals surface area contributed by atoms with Crippen LogP contribution in [-0.4, -0.2) is 0 Å². The van der Waals surface area contributed by atoms with Crippen molar-refractivity contribution in [2.45, 2.75) is 0 Å². The highest BCUT2D eigenvalue weighted by molar-refractivity contribution is 9.10. The van der Waals surface area contributed by atoms with Gasteiger partial charge in [-0.05, 0) is 103 Å². The molecule has 9 rings (SSSR count). The molecule has 200 valence electrons. The van der Waals surface area contributed by atoms with Crippen LogP contribution in [0, 0.1) is 0 Å². The van der Waals surface area contributed by atoms with Gasteiger partial charge in [0.15, 0.2) is 0 Å². The standard InChI is InChI=1S/C42H25Br/c43-42-37-12-6-4-10-33(37)39(34-11-5-7-13-38(34)42)28-16-14-27(15-17-28)32-23-19-30-20-24-35-31(26-8-2-1-3-9-26)22-18-29-21-25-36(32)41(30)40(29)35/h1-25H. The lowest BCUT2D eigenvalue weighted by Gasteiger charge is -2.17. The number of hydrogen-bond donors (Lipinski definition) is 0. The van der Waals surface area contributed by atoms with Crippen molar-refractivity contribution in [2.75, 3.05) is 0 Å². The molecular formula is C42H25Br. The first kappa shape index (κ1) is 24.6. The lowest BCUT2D eigenvalue weighted by atomic mass is 9.87. The fourth-order valence-corrected chi connectivity index (χ4v) is 7.82. The molecule has 43 heavy (non-hydrogen) atoms. The number of halogens is 1. The Morgan fingerprint density at radius 2 is 0.721 bits per heavy atom. The molecule has 0 aliphatic rings. The predicted molar refractivity (Wildman–Crippen MR) is 189 cm³/mol. The van der Waals surface area contributed by atoms with Crippen LogP contribution < -0.4 is 0 Å². The third-order valence-electron chi connectivity index (χ3n) is 9.10. The van der Waals surface area contributed by atoms with E-state index in [2.05, 4.69) is 168 Å². The average molecular weight is 610 g/mol. The molecule has 0 saturated carbocycles. The van der Waals surface area contributed by atoms with Crippen molar-refractivity contribution in [3.05, 3.63) is 156 Å². The van der Waals surface area contributed by atoms with E-state index < -0.39 is 0 Å². The SMILES string of the molecule is Brc1c2ccccc2c(-c2ccc(-c3ccc4ccc5c(-c6ccccc6)ccc6ccc3c4c65)cc2)c2ccccc12. The Morgan fingerprint density at radius 1 is 0.302 bits per heavy atom. The van der Waals surface area contributed by atoms with Crippen molar-refractivity contribution in [1.29, 1.82) is 0 Å². The zero-order valence-electron chi connectivity index (χ0n) is 23.3. The second-order valence-corrected chi connectivity index (χ2v) is 12.2. The van der Waals surface area contributed by atoms with Crippen LogP contribution in [0.2, 0.25) is 0 Å². The summed E-state index contributed by atoms with van der Waals surface area (Å²) < 4.78 is 1.16. The van der Waals surface area contributed by atoms with Crippen molar-refractivity contribution in [1.82, 2.24) is 0 Å². The van der Waals surface area contributed by atoms with E-state index in [0.717, 1.165) is 4.47 Å². The summed E-state index contributed by atoms with van der Waals surface area (Å²) in [5.41, 5.74) is 7.55. The first-order valence-electron chi connectivity index (χ1n) is 14.7. The molecule has 0 atom stereocenters. The van der Waals surface area contributed by atoms with Gasteiger partial charge in [0, 0.05) is 4.47 Å². The van der Waals surface area contributed by atoms with Crippen LogP contribution in [0.15, 0.2) is 156 Å². The molecule has 0 spiro atoms. The third-order valence-corrected chi connectivity index (χ3v) is 9.95. The summed E-state index contributed by atoms with van der Waals surface area (Å²) in [6, 6.07) is 55.6. The Balaban J connectivity index is 1.24. The van der Waals surface area contributed by atoms with E-state index in [9.17, 15) is 0 Å². The number of hydrogen-bond acceptors (Lipinski definition) is 0. The molecule has 0 saturated heterocycles. The van der Waals surface area contributed by atoms with E-state index in [4.69, 9.17) is 0 Å². The van der Waals surface area contributed by atoms with Gasteiger partial charge in [-0.25, -0.2) is 0 Å². The van der Waals surface area contributed by atoms with Crippen LogP contribution in [0.5, 0.6) is 0 Å². The molecule has 0 nitrogen and oxygen atoms in total. The van der Waals surface area contributed by atoms with Crippen molar-refractivity contribution in [3.8, 4) is 33.4 Å². The van der Waals surface area contributed by atoms with E-state index in [-0.39, 0.29) is 0 Å². The van der Waals surface area contributed by atoms with Crippen molar-refractivity contribution < 1.29 is 0 Å². The van der Waals surface area contributed by atoms with E-state index in [1.807, 2.05) is 0 Å². The minimum atomic E-state index is 1.16. The Kier molecular flexibility index (Phi) is 5.45. The summed E-state index contributed by atoms with van der Waals surface area (Å²) in [6.07, 6.45) is 0. The molecule has 9 aromatic carbocycles. The highest BCUT2D eigenvalue weighted by Gasteiger charge is 2.16. The first-order chi connectivity index (χ1) is 21.3. The van der Waals surface area contributed by atoms with Gasteiger partial charge < -0.3 is 0 Å². The molecule has 0 aliphatic carbocycles. The van der Waals surface area contributed by atoms with Crippen LogP contribution in [0.25, 0.3) is 87.2 Å². The fraction of sp³-hybridized carbons (Fsp3) is 0. The lowest BCUT2D eigenvalue weighted by Crippen LogP contribution is -1.90. The van der Waals surface area contributed by atoms with Crippen LogP contribution >= 0.6 is 15.9 Å². The van der Waals surface area contributed by atoms with E-state index in [1.165, 1.54) is 87.2 Å². The number of rotatable bonds is 3. The maximum Gasteiger partial charge on any atom is 0.0332 e. The summed E-state index contributed by atoms with van der Waals surface area (Å²) in [6.45, 7) is 0. The molecular weight excluding hydrogens is 584 g/mol. The molecule has 0 N–H and O–H groups in total. The largest absolute Gasteiger partial charge is 0.0622 e. The monoisotopic (exact) mass is 608 g/mol. The summed E-state index contributed by atoms with van der Waals surface area (Å²) in [4.78, 5) is 0. The Bertz CT molecular complexity index is 2430. The van der Waals surface area contributed by atoms with Gasteiger partial charge in [-0.1, -0.05) is 152 Å². The normalized spacial score (nSPS) is 11.8. The molecule has 0 amide bonds. The van der Waals surface area contributed by atoms with E-state index >= 15 is 0 Å². The molecule has 0 aliphatic heterocycles. The molecule has 0 fully saturated rings. The summed E-state index contributed by atoms with van der Waals surface area (Å²) >= 11 is 3.90. The topological polar surface area (TPSA) is 0 Å². The van der Waals surface area contributed by atoms with Crippen molar-refractivity contribution in [3.63, 3.8) is 0 Å². The van der Waals surface area contributed by atoms with Crippen LogP contribution in [0.1, 0.15) is 0 Å². The fourth-order valence-electron chi connectivity index (χ4n) is 7.12. The summed E-state index contributed by atoms with van der Waals surface area (Å²) in [7, 11) is 0. The van der Waals surface area contributed by atoms with Crippen LogP contribution in [0.3, 0.4) is 0 Å². The van der Waals surface area contributed by atoms with Crippen LogP contribution in [-0.2, 0) is 0 Å². The minimum absolute atomic E-state index is 1.16. The highest BCUT2D eigenvalue weighted by atomic mass is 79.9. The van der Waals surface area contributed by atoms with Crippen molar-refractivity contribution >= 4 is 69.8 Å². The zero-order valence-corrected chi connectivity index (χ0v) is 24.9. The van der Waals surface area contributed by atoms with E-state index in [0.29, 0.717) is 0 Å². The molecule has 0 radical (unpaired) electrons. The maximum absolute atomic E-state index is 3.90. The lowest BCUT2D eigenvalue weighted by molar-refractivity contribution is 1.64. The maximum atomic E-state index is 3.90. The van der Waals surface area contributed by atoms with Gasteiger partial charge in [0.25, 0.3) is 0 Å². The molecule has 0 aromatic heterocycles. The molecule has 0 heterocycles. The molecule has 0 unspecified atom stereocenters. The van der Waals surface area contributed by atoms with Gasteiger partial charge >= 0.3 is 0 Å². The summed E-state index contributed by atoms with van der Waals surface area (Å²) in [5, 5.41) is 12.9. The van der Waals surface area contributed by atoms with Gasteiger partial charge in [0.05, 0.1) is 0 Å². The molecule has 9 aromatic rings. The Labute approximate surface area is 258 Å². The zero-order chi connectivity index (χ0) is 28.5. The Hall–Kier alpha value is -4.98. The second kappa shape index (κ2) is 9.52. The minimum Gasteiger partial charge on any atom is -0.0622 e. The average Bonchev–Trinajstić information content (AvgIpc) is 3.08. The molecule has 0 bridgehead atoms. The molecule has 1 heteroatoms. The van der Waals surface area contributed by atoms with Crippen LogP contribution in [0.4, 0.5) is 0 Å². The predicted octanol–water partition coefficient (Wildman–Crippen LogP) is 12.7. The quantitative estimate of drug-likeness (QED) is 0.138. The highest BCUT2D eigenvalue weighted by Crippen LogP contribution is 2.44. The summed E-state index contributed by atoms with van der Waals surface area (Å²) in [5.74, 6) is 0. The van der Waals surface area contributed by atoms with Gasteiger partial charge in [0.2, 0.25) is 0 Å². The smallest absolute Gasteiger partial charge is 0.0332 e. The van der Waals surface area contributed by atoms with Gasteiger partial charge in [-0.2, -0.15) is 0 Å². The number of benzene rings is 9.